The van der Waals surface area contributed by atoms with Crippen LogP contribution in [0.2, 0.25) is 0 Å². The average Bonchev–Trinajstić information content (AvgIpc) is 3.20. The summed E-state index contributed by atoms with van der Waals surface area (Å²) in [7, 11) is 1.12. The normalized spacial score (nSPS) is 11.7. The highest BCUT2D eigenvalue weighted by Crippen LogP contribution is 2.28. The van der Waals surface area contributed by atoms with Gasteiger partial charge in [0.1, 0.15) is 0 Å². The number of aromatic nitrogens is 4. The number of benzene rings is 3. The minimum Gasteiger partial charge on any atom is -0.207 e. The van der Waals surface area contributed by atoms with E-state index in [0.29, 0.717) is 17.8 Å². The Morgan fingerprint density at radius 3 is 2.32 bits per heavy atom. The van der Waals surface area contributed by atoms with Crippen molar-refractivity contribution in [2.75, 3.05) is 14.1 Å². The molecule has 0 fully saturated rings. The first kappa shape index (κ1) is 20.9. The third-order valence-electron chi connectivity index (χ3n) is 5.04. The van der Waals surface area contributed by atoms with Gasteiger partial charge >= 0.3 is 0 Å². The van der Waals surface area contributed by atoms with E-state index in [9.17, 15) is 8.42 Å². The van der Waals surface area contributed by atoms with Crippen LogP contribution in [0.3, 0.4) is 0 Å². The molecule has 0 bridgehead atoms. The van der Waals surface area contributed by atoms with E-state index in [1.54, 1.807) is 19.2 Å². The largest absolute Gasteiger partial charge is 0.242 e. The molecule has 4 rings (SSSR count). The van der Waals surface area contributed by atoms with Crippen LogP contribution in [-0.4, -0.2) is 47.0 Å². The quantitative estimate of drug-likeness (QED) is 0.466. The number of rotatable bonds is 6. The lowest BCUT2D eigenvalue weighted by molar-refractivity contribution is 0.521. The van der Waals surface area contributed by atoms with Gasteiger partial charge in [-0.1, -0.05) is 60.7 Å². The van der Waals surface area contributed by atoms with Gasteiger partial charge in [-0.2, -0.15) is 4.80 Å². The fourth-order valence-corrected chi connectivity index (χ4v) is 4.32. The van der Waals surface area contributed by atoms with Gasteiger partial charge in [0.2, 0.25) is 15.8 Å². The maximum Gasteiger partial charge on any atom is 0.242 e. The van der Waals surface area contributed by atoms with Crippen LogP contribution in [0.5, 0.6) is 0 Å². The van der Waals surface area contributed by atoms with Gasteiger partial charge in [-0.3, -0.25) is 0 Å². The Kier molecular flexibility index (Phi) is 5.67. The van der Waals surface area contributed by atoms with E-state index in [2.05, 4.69) is 45.7 Å². The Labute approximate surface area is 182 Å². The third-order valence-corrected chi connectivity index (χ3v) is 6.85. The van der Waals surface area contributed by atoms with Crippen LogP contribution >= 0.6 is 0 Å². The van der Waals surface area contributed by atoms with Crippen molar-refractivity contribution in [3.8, 4) is 22.5 Å². The van der Waals surface area contributed by atoms with Crippen molar-refractivity contribution in [3.63, 3.8) is 0 Å². The number of hydrogen-bond acceptors (Lipinski definition) is 5. The molecule has 1 heterocycles. The minimum atomic E-state index is -3.58. The molecule has 4 aromatic rings. The highest BCUT2D eigenvalue weighted by atomic mass is 32.2. The van der Waals surface area contributed by atoms with E-state index in [0.717, 1.165) is 22.3 Å². The molecule has 31 heavy (non-hydrogen) atoms. The molecule has 0 aliphatic carbocycles. The van der Waals surface area contributed by atoms with Gasteiger partial charge in [-0.05, 0) is 46.0 Å². The third kappa shape index (κ3) is 4.40. The summed E-state index contributed by atoms with van der Waals surface area (Å²) in [5.41, 5.74) is 4.96. The molecule has 7 nitrogen and oxygen atoms in total. The lowest BCUT2D eigenvalue weighted by atomic mass is 9.96. The van der Waals surface area contributed by atoms with Crippen molar-refractivity contribution < 1.29 is 8.42 Å². The molecular weight excluding hydrogens is 410 g/mol. The average molecular weight is 434 g/mol. The van der Waals surface area contributed by atoms with Crippen LogP contribution in [0.1, 0.15) is 11.1 Å². The van der Waals surface area contributed by atoms with Crippen molar-refractivity contribution in [1.82, 2.24) is 24.5 Å². The van der Waals surface area contributed by atoms with Gasteiger partial charge in [0.05, 0.1) is 11.9 Å². The SMILES string of the molecule is CN(C)S(=O)(=O)c1ccc(Cc2cccc(-c3ccccc3)c2)c(-c2nnn(C)n2)c1. The van der Waals surface area contributed by atoms with Crippen molar-refractivity contribution in [3.05, 3.63) is 83.9 Å². The van der Waals surface area contributed by atoms with Crippen molar-refractivity contribution >= 4 is 10.0 Å². The van der Waals surface area contributed by atoms with Gasteiger partial charge in [-0.25, -0.2) is 12.7 Å². The Balaban J connectivity index is 1.77. The Morgan fingerprint density at radius 2 is 1.65 bits per heavy atom. The van der Waals surface area contributed by atoms with Crippen molar-refractivity contribution in [2.24, 2.45) is 7.05 Å². The molecular formula is C23H23N5O2S. The zero-order valence-corrected chi connectivity index (χ0v) is 18.4. The summed E-state index contributed by atoms with van der Waals surface area (Å²) < 4.78 is 26.5. The summed E-state index contributed by atoms with van der Waals surface area (Å²) in [6.45, 7) is 0. The predicted molar refractivity (Wildman–Crippen MR) is 120 cm³/mol. The number of nitrogens with zero attached hydrogens (tertiary/aromatic N) is 5. The van der Waals surface area contributed by atoms with Crippen molar-refractivity contribution in [2.45, 2.75) is 11.3 Å². The standard InChI is InChI=1S/C23H23N5O2S/c1-27(2)31(29,30)21-13-12-20(22(16-21)23-24-26-28(3)25-23)15-17-8-7-11-19(14-17)18-9-5-4-6-10-18/h4-14,16H,15H2,1-3H3. The molecule has 0 aliphatic rings. The zero-order chi connectivity index (χ0) is 22.0. The highest BCUT2D eigenvalue weighted by molar-refractivity contribution is 7.89. The Morgan fingerprint density at radius 1 is 0.903 bits per heavy atom. The topological polar surface area (TPSA) is 81.0 Å². The van der Waals surface area contributed by atoms with Gasteiger partial charge in [0, 0.05) is 19.7 Å². The Hall–Kier alpha value is -3.36. The summed E-state index contributed by atoms with van der Waals surface area (Å²) in [6, 6.07) is 23.6. The van der Waals surface area contributed by atoms with E-state index in [-0.39, 0.29) is 4.90 Å². The molecule has 3 aromatic carbocycles. The predicted octanol–water partition coefficient (Wildman–Crippen LogP) is 3.39. The minimum absolute atomic E-state index is 0.196. The molecule has 0 saturated carbocycles. The second kappa shape index (κ2) is 8.41. The van der Waals surface area contributed by atoms with Crippen LogP contribution in [0, 0.1) is 0 Å². The molecule has 158 valence electrons. The molecule has 1 aromatic heterocycles. The van der Waals surface area contributed by atoms with E-state index >= 15 is 0 Å². The number of tetrazole rings is 1. The first-order valence-electron chi connectivity index (χ1n) is 9.79. The van der Waals surface area contributed by atoms with E-state index < -0.39 is 10.0 Å². The summed E-state index contributed by atoms with van der Waals surface area (Å²) in [4.78, 5) is 1.56. The summed E-state index contributed by atoms with van der Waals surface area (Å²) in [6.07, 6.45) is 0.608. The molecule has 0 unspecified atom stereocenters. The van der Waals surface area contributed by atoms with Gasteiger partial charge < -0.3 is 0 Å². The summed E-state index contributed by atoms with van der Waals surface area (Å²) in [5.74, 6) is 0.396. The monoisotopic (exact) mass is 433 g/mol. The van der Waals surface area contributed by atoms with Gasteiger partial charge in [0.25, 0.3) is 0 Å². The molecule has 0 N–H and O–H groups in total. The van der Waals surface area contributed by atoms with Crippen LogP contribution in [-0.2, 0) is 23.5 Å². The molecule has 0 radical (unpaired) electrons. The van der Waals surface area contributed by atoms with Crippen molar-refractivity contribution in [1.29, 1.82) is 0 Å². The number of hydrogen-bond donors (Lipinski definition) is 0. The van der Waals surface area contributed by atoms with Gasteiger partial charge in [0.15, 0.2) is 0 Å². The number of sulfonamides is 1. The fraction of sp³-hybridized carbons (Fsp3) is 0.174. The lowest BCUT2D eigenvalue weighted by Crippen LogP contribution is -2.22. The highest BCUT2D eigenvalue weighted by Gasteiger charge is 2.21. The van der Waals surface area contributed by atoms with Crippen LogP contribution in [0.25, 0.3) is 22.5 Å². The molecule has 0 aliphatic heterocycles. The molecule has 8 heteroatoms. The second-order valence-electron chi connectivity index (χ2n) is 7.45. The van der Waals surface area contributed by atoms with Crippen LogP contribution in [0.15, 0.2) is 77.7 Å². The second-order valence-corrected chi connectivity index (χ2v) is 9.60. The van der Waals surface area contributed by atoms with Crippen LogP contribution < -0.4 is 0 Å². The first-order valence-corrected chi connectivity index (χ1v) is 11.2. The fourth-order valence-electron chi connectivity index (χ4n) is 3.39. The zero-order valence-electron chi connectivity index (χ0n) is 17.6. The number of aryl methyl sites for hydroxylation is 1. The van der Waals surface area contributed by atoms with Gasteiger partial charge in [-0.15, -0.1) is 10.2 Å². The maximum atomic E-state index is 12.7. The molecule has 0 atom stereocenters. The van der Waals surface area contributed by atoms with E-state index in [1.165, 1.54) is 23.2 Å². The first-order chi connectivity index (χ1) is 14.8. The Bertz CT molecular complexity index is 1310. The molecule has 0 spiro atoms. The van der Waals surface area contributed by atoms with Crippen LogP contribution in [0.4, 0.5) is 0 Å². The van der Waals surface area contributed by atoms with E-state index in [1.807, 2.05) is 30.3 Å². The summed E-state index contributed by atoms with van der Waals surface area (Å²) >= 11 is 0. The maximum absolute atomic E-state index is 12.7. The van der Waals surface area contributed by atoms with E-state index in [4.69, 9.17) is 0 Å². The smallest absolute Gasteiger partial charge is 0.207 e. The molecule has 0 amide bonds. The lowest BCUT2D eigenvalue weighted by Gasteiger charge is -2.14. The summed E-state index contributed by atoms with van der Waals surface area (Å²) in [5, 5.41) is 12.3. The molecule has 0 saturated heterocycles.